The van der Waals surface area contributed by atoms with Gasteiger partial charge in [-0.25, -0.2) is 9.59 Å². The molecule has 0 aromatic heterocycles. The Kier molecular flexibility index (Phi) is 5.16. The summed E-state index contributed by atoms with van der Waals surface area (Å²) in [6.07, 6.45) is 4.19. The fraction of sp³-hybridized carbons (Fsp3) is 0.500. The number of rotatable bonds is 4. The van der Waals surface area contributed by atoms with Gasteiger partial charge in [-0.2, -0.15) is 0 Å². The third-order valence-electron chi connectivity index (χ3n) is 5.83. The highest BCUT2D eigenvalue weighted by molar-refractivity contribution is 6.42. The fourth-order valence-electron chi connectivity index (χ4n) is 4.63. The maximum atomic E-state index is 12.5. The molecule has 2 saturated heterocycles. The molecule has 0 amide bonds. The fourth-order valence-corrected chi connectivity index (χ4v) is 4.94. The van der Waals surface area contributed by atoms with Gasteiger partial charge in [0.1, 0.15) is 0 Å². The second kappa shape index (κ2) is 7.34. The minimum Gasteiger partial charge on any atom is -0.447 e. The molecule has 3 aliphatic rings. The Balaban J connectivity index is 1.89. The first kappa shape index (κ1) is 19.7. The maximum absolute atomic E-state index is 12.5. The summed E-state index contributed by atoms with van der Waals surface area (Å²) in [5.41, 5.74) is -1.54. The molecular weight excluding hydrogens is 405 g/mol. The Labute approximate surface area is 173 Å². The van der Waals surface area contributed by atoms with Crippen LogP contribution in [0.25, 0.3) is 0 Å². The number of esters is 2. The predicted molar refractivity (Wildman–Crippen MR) is 103 cm³/mol. The van der Waals surface area contributed by atoms with E-state index < -0.39 is 23.3 Å². The first-order valence-electron chi connectivity index (χ1n) is 9.33. The molecule has 1 N–H and O–H groups in total. The van der Waals surface area contributed by atoms with Crippen molar-refractivity contribution in [1.29, 1.82) is 0 Å². The molecule has 6 nitrogen and oxygen atoms in total. The number of nitrogens with one attached hydrogen (secondary N) is 1. The standard InChI is InChI=1S/C20H21Cl2NO5/c1-2-26-11-19-14(12-3-4-15(21)16(22)9-12)10-13-7-8-20(19,23-13)28-18(25)6-5-17(24)27-19/h3-6,9,13-14,23H,2,7-8,10-11H2,1H3/b6-5+/t13-,14-,19+,20+/m1/s1. The second-order valence-electron chi connectivity index (χ2n) is 7.37. The highest BCUT2D eigenvalue weighted by atomic mass is 35.5. The van der Waals surface area contributed by atoms with Crippen molar-refractivity contribution < 1.29 is 23.8 Å². The van der Waals surface area contributed by atoms with Crippen LogP contribution in [0.4, 0.5) is 0 Å². The molecule has 1 aromatic rings. The topological polar surface area (TPSA) is 73.9 Å². The number of benzene rings is 1. The molecule has 4 rings (SSSR count). The van der Waals surface area contributed by atoms with E-state index in [1.807, 2.05) is 13.0 Å². The van der Waals surface area contributed by atoms with Crippen LogP contribution in [0.15, 0.2) is 30.4 Å². The number of piperidine rings is 1. The average molecular weight is 426 g/mol. The van der Waals surface area contributed by atoms with Crippen LogP contribution in [0, 0.1) is 0 Å². The molecule has 2 bridgehead atoms. The quantitative estimate of drug-likeness (QED) is 0.745. The zero-order valence-corrected chi connectivity index (χ0v) is 16.9. The van der Waals surface area contributed by atoms with Crippen LogP contribution in [-0.4, -0.2) is 42.5 Å². The summed E-state index contributed by atoms with van der Waals surface area (Å²) in [4.78, 5) is 24.9. The van der Waals surface area contributed by atoms with Crippen molar-refractivity contribution in [3.05, 3.63) is 46.0 Å². The van der Waals surface area contributed by atoms with Gasteiger partial charge in [-0.1, -0.05) is 29.3 Å². The molecule has 1 spiro atoms. The van der Waals surface area contributed by atoms with E-state index in [1.165, 1.54) is 0 Å². The molecule has 3 heterocycles. The summed E-state index contributed by atoms with van der Waals surface area (Å²) in [5, 5.41) is 4.27. The molecule has 4 atom stereocenters. The summed E-state index contributed by atoms with van der Waals surface area (Å²) < 4.78 is 17.7. The highest BCUT2D eigenvalue weighted by Crippen LogP contribution is 2.54. The van der Waals surface area contributed by atoms with Crippen LogP contribution in [0.5, 0.6) is 0 Å². The molecular formula is C20H21Cl2NO5. The normalized spacial score (nSPS) is 35.4. The van der Waals surface area contributed by atoms with Crippen LogP contribution in [0.3, 0.4) is 0 Å². The molecule has 0 saturated carbocycles. The molecule has 2 fully saturated rings. The highest BCUT2D eigenvalue weighted by Gasteiger charge is 2.68. The van der Waals surface area contributed by atoms with Gasteiger partial charge in [0.2, 0.25) is 5.72 Å². The van der Waals surface area contributed by atoms with Crippen LogP contribution in [-0.2, 0) is 23.8 Å². The Morgan fingerprint density at radius 3 is 2.64 bits per heavy atom. The first-order valence-corrected chi connectivity index (χ1v) is 10.1. The number of ether oxygens (including phenoxy) is 3. The van der Waals surface area contributed by atoms with E-state index in [0.29, 0.717) is 29.5 Å². The number of fused-ring (bicyclic) bond motifs is 1. The number of hydrogen-bond acceptors (Lipinski definition) is 6. The molecule has 3 aliphatic heterocycles. The third-order valence-corrected chi connectivity index (χ3v) is 6.57. The van der Waals surface area contributed by atoms with Gasteiger partial charge in [-0.3, -0.25) is 5.32 Å². The maximum Gasteiger partial charge on any atom is 0.332 e. The Morgan fingerprint density at radius 1 is 1.18 bits per heavy atom. The van der Waals surface area contributed by atoms with Crippen LogP contribution >= 0.6 is 23.2 Å². The van der Waals surface area contributed by atoms with Crippen LogP contribution in [0.2, 0.25) is 10.0 Å². The van der Waals surface area contributed by atoms with Crippen molar-refractivity contribution in [3.8, 4) is 0 Å². The average Bonchev–Trinajstić information content (AvgIpc) is 3.02. The van der Waals surface area contributed by atoms with E-state index in [2.05, 4.69) is 5.32 Å². The van der Waals surface area contributed by atoms with Crippen molar-refractivity contribution in [3.63, 3.8) is 0 Å². The zero-order chi connectivity index (χ0) is 19.9. The van der Waals surface area contributed by atoms with Crippen molar-refractivity contribution in [2.45, 2.75) is 49.5 Å². The zero-order valence-electron chi connectivity index (χ0n) is 15.4. The van der Waals surface area contributed by atoms with Crippen LogP contribution in [0.1, 0.15) is 37.7 Å². The van der Waals surface area contributed by atoms with Crippen molar-refractivity contribution in [1.82, 2.24) is 5.32 Å². The first-order chi connectivity index (χ1) is 13.4. The summed E-state index contributed by atoms with van der Waals surface area (Å²) in [5.74, 6) is -1.47. The van der Waals surface area contributed by atoms with E-state index in [1.54, 1.807) is 12.1 Å². The summed E-state index contributed by atoms with van der Waals surface area (Å²) >= 11 is 12.4. The van der Waals surface area contributed by atoms with Gasteiger partial charge in [0.15, 0.2) is 5.60 Å². The minimum absolute atomic E-state index is 0.0843. The van der Waals surface area contributed by atoms with Gasteiger partial charge in [-0.15, -0.1) is 0 Å². The molecule has 0 aliphatic carbocycles. The SMILES string of the molecule is CCOC[C@@]12OC(=O)/C=C/C(=O)O[C@@]13CC[C@H](C[C@@H]2c1ccc(Cl)c(Cl)c1)N3. The predicted octanol–water partition coefficient (Wildman–Crippen LogP) is 3.36. The van der Waals surface area contributed by atoms with E-state index in [0.717, 1.165) is 24.1 Å². The number of carbonyl (C=O) groups excluding carboxylic acids is 2. The number of hydrogen-bond donors (Lipinski definition) is 1. The van der Waals surface area contributed by atoms with E-state index in [4.69, 9.17) is 37.4 Å². The number of halogens is 2. The molecule has 0 unspecified atom stereocenters. The number of carbonyl (C=O) groups is 2. The van der Waals surface area contributed by atoms with Crippen molar-refractivity contribution >= 4 is 35.1 Å². The van der Waals surface area contributed by atoms with Crippen molar-refractivity contribution in [2.75, 3.05) is 13.2 Å². The molecule has 8 heteroatoms. The van der Waals surface area contributed by atoms with E-state index in [-0.39, 0.29) is 18.6 Å². The lowest BCUT2D eigenvalue weighted by molar-refractivity contribution is -0.244. The summed E-state index contributed by atoms with van der Waals surface area (Å²) in [6.45, 7) is 2.37. The Hall–Kier alpha value is -1.60. The Morgan fingerprint density at radius 2 is 1.93 bits per heavy atom. The summed E-state index contributed by atoms with van der Waals surface area (Å²) in [6, 6.07) is 5.49. The Bertz CT molecular complexity index is 844. The van der Waals surface area contributed by atoms with Gasteiger partial charge in [0.05, 0.1) is 16.7 Å². The third kappa shape index (κ3) is 3.12. The smallest absolute Gasteiger partial charge is 0.332 e. The van der Waals surface area contributed by atoms with E-state index in [9.17, 15) is 9.59 Å². The lowest BCUT2D eigenvalue weighted by Crippen LogP contribution is -2.72. The van der Waals surface area contributed by atoms with Gasteiger partial charge in [-0.05, 0) is 37.5 Å². The van der Waals surface area contributed by atoms with Crippen LogP contribution < -0.4 is 5.32 Å². The molecule has 150 valence electrons. The second-order valence-corrected chi connectivity index (χ2v) is 8.19. The molecule has 1 aromatic carbocycles. The van der Waals surface area contributed by atoms with Crippen molar-refractivity contribution in [2.24, 2.45) is 0 Å². The molecule has 0 radical (unpaired) electrons. The van der Waals surface area contributed by atoms with Gasteiger partial charge in [0.25, 0.3) is 0 Å². The van der Waals surface area contributed by atoms with Gasteiger partial charge >= 0.3 is 11.9 Å². The largest absolute Gasteiger partial charge is 0.447 e. The van der Waals surface area contributed by atoms with Gasteiger partial charge < -0.3 is 14.2 Å². The lowest BCUT2D eigenvalue weighted by atomic mass is 9.71. The van der Waals surface area contributed by atoms with Gasteiger partial charge in [0, 0.05) is 37.1 Å². The minimum atomic E-state index is -1.23. The summed E-state index contributed by atoms with van der Waals surface area (Å²) in [7, 11) is 0. The molecule has 28 heavy (non-hydrogen) atoms. The van der Waals surface area contributed by atoms with E-state index >= 15 is 0 Å². The monoisotopic (exact) mass is 425 g/mol. The lowest BCUT2D eigenvalue weighted by Gasteiger charge is -2.53.